The average molecular weight is 383 g/mol. The molecule has 0 bridgehead atoms. The summed E-state index contributed by atoms with van der Waals surface area (Å²) in [7, 11) is 0. The molecule has 2 aromatic heterocycles. The quantitative estimate of drug-likeness (QED) is 0.419. The van der Waals surface area contributed by atoms with E-state index in [1.807, 2.05) is 85.1 Å². The Balaban J connectivity index is 1.59. The zero-order valence-corrected chi connectivity index (χ0v) is 16.3. The van der Waals surface area contributed by atoms with Gasteiger partial charge in [0.1, 0.15) is 12.2 Å². The Labute approximate surface area is 168 Å². The normalized spacial score (nSPS) is 11.6. The first-order valence-corrected chi connectivity index (χ1v) is 9.38. The molecule has 0 spiro atoms. The lowest BCUT2D eigenvalue weighted by atomic mass is 10.1. The van der Waals surface area contributed by atoms with Crippen molar-refractivity contribution in [1.82, 2.24) is 20.0 Å². The molecule has 0 unspecified atom stereocenters. The first-order valence-electron chi connectivity index (χ1n) is 9.38. The third kappa shape index (κ3) is 4.06. The molecule has 1 amide bonds. The van der Waals surface area contributed by atoms with Crippen LogP contribution < -0.4 is 5.43 Å². The Hall–Kier alpha value is -3.80. The van der Waals surface area contributed by atoms with Crippen molar-refractivity contribution in [2.24, 2.45) is 5.10 Å². The molecule has 0 saturated carbocycles. The molecule has 0 atom stereocenters. The minimum Gasteiger partial charge on any atom is -0.313 e. The zero-order chi connectivity index (χ0) is 20.2. The lowest BCUT2D eigenvalue weighted by Gasteiger charge is -2.08. The maximum Gasteiger partial charge on any atom is 0.260 e. The van der Waals surface area contributed by atoms with Gasteiger partial charge in [-0.05, 0) is 43.7 Å². The van der Waals surface area contributed by atoms with Gasteiger partial charge in [-0.25, -0.2) is 10.4 Å². The van der Waals surface area contributed by atoms with E-state index in [2.05, 4.69) is 20.5 Å². The van der Waals surface area contributed by atoms with Gasteiger partial charge in [-0.1, -0.05) is 48.0 Å². The SMILES string of the molecule is C/C(=N\NC(=O)Cn1c(-c2ccccn2)nc2ccccc21)c1ccc(C)cc1. The topological polar surface area (TPSA) is 72.2 Å². The molecule has 6 heteroatoms. The fourth-order valence-electron chi connectivity index (χ4n) is 3.11. The Bertz CT molecular complexity index is 1180. The van der Waals surface area contributed by atoms with Crippen LogP contribution in [0.1, 0.15) is 18.1 Å². The fourth-order valence-corrected chi connectivity index (χ4v) is 3.11. The second kappa shape index (κ2) is 8.06. The number of imidazole rings is 1. The molecule has 4 aromatic rings. The molecule has 0 aliphatic rings. The lowest BCUT2D eigenvalue weighted by Crippen LogP contribution is -2.24. The number of fused-ring (bicyclic) bond motifs is 1. The highest BCUT2D eigenvalue weighted by Gasteiger charge is 2.15. The summed E-state index contributed by atoms with van der Waals surface area (Å²) in [5.74, 6) is 0.429. The van der Waals surface area contributed by atoms with Crippen molar-refractivity contribution >= 4 is 22.7 Å². The summed E-state index contributed by atoms with van der Waals surface area (Å²) in [5, 5.41) is 4.25. The van der Waals surface area contributed by atoms with Gasteiger partial charge < -0.3 is 4.57 Å². The van der Waals surface area contributed by atoms with Crippen molar-refractivity contribution in [3.8, 4) is 11.5 Å². The number of nitrogens with one attached hydrogen (secondary N) is 1. The number of rotatable bonds is 5. The van der Waals surface area contributed by atoms with Gasteiger partial charge in [0.2, 0.25) is 0 Å². The lowest BCUT2D eigenvalue weighted by molar-refractivity contribution is -0.121. The van der Waals surface area contributed by atoms with Crippen LogP contribution in [0.3, 0.4) is 0 Å². The van der Waals surface area contributed by atoms with Crippen molar-refractivity contribution in [2.45, 2.75) is 20.4 Å². The van der Waals surface area contributed by atoms with Gasteiger partial charge >= 0.3 is 0 Å². The fraction of sp³-hybridized carbons (Fsp3) is 0.130. The molecule has 144 valence electrons. The second-order valence-electron chi connectivity index (χ2n) is 6.82. The molecule has 1 N–H and O–H groups in total. The number of carbonyl (C=O) groups excluding carboxylic acids is 1. The number of benzene rings is 2. The predicted octanol–water partition coefficient (Wildman–Crippen LogP) is 3.95. The third-order valence-electron chi connectivity index (χ3n) is 4.67. The summed E-state index contributed by atoms with van der Waals surface area (Å²) in [5.41, 5.74) is 7.97. The van der Waals surface area contributed by atoms with E-state index in [1.165, 1.54) is 5.56 Å². The number of hydrogen-bond donors (Lipinski definition) is 1. The van der Waals surface area contributed by atoms with E-state index in [1.54, 1.807) is 6.20 Å². The molecule has 0 radical (unpaired) electrons. The number of aromatic nitrogens is 3. The maximum atomic E-state index is 12.6. The van der Waals surface area contributed by atoms with Crippen LogP contribution in [0.2, 0.25) is 0 Å². The highest BCUT2D eigenvalue weighted by atomic mass is 16.2. The van der Waals surface area contributed by atoms with Gasteiger partial charge in [0, 0.05) is 6.20 Å². The van der Waals surface area contributed by atoms with Crippen LogP contribution in [0.4, 0.5) is 0 Å². The molecule has 0 saturated heterocycles. The summed E-state index contributed by atoms with van der Waals surface area (Å²) < 4.78 is 1.86. The number of hydrogen-bond acceptors (Lipinski definition) is 4. The number of carbonyl (C=O) groups is 1. The third-order valence-corrected chi connectivity index (χ3v) is 4.67. The molecule has 0 aliphatic carbocycles. The van der Waals surface area contributed by atoms with E-state index < -0.39 is 0 Å². The van der Waals surface area contributed by atoms with Crippen molar-refractivity contribution in [1.29, 1.82) is 0 Å². The Morgan fingerprint density at radius 3 is 2.55 bits per heavy atom. The average Bonchev–Trinajstić information content (AvgIpc) is 3.11. The molecule has 0 aliphatic heterocycles. The smallest absolute Gasteiger partial charge is 0.260 e. The Morgan fingerprint density at radius 1 is 1.03 bits per heavy atom. The highest BCUT2D eigenvalue weighted by molar-refractivity contribution is 5.99. The summed E-state index contributed by atoms with van der Waals surface area (Å²) in [6.07, 6.45) is 1.72. The van der Waals surface area contributed by atoms with Crippen LogP contribution in [0, 0.1) is 6.92 Å². The summed E-state index contributed by atoms with van der Waals surface area (Å²) in [6, 6.07) is 21.4. The van der Waals surface area contributed by atoms with Gasteiger partial charge in [-0.3, -0.25) is 9.78 Å². The van der Waals surface area contributed by atoms with E-state index in [0.29, 0.717) is 5.82 Å². The van der Waals surface area contributed by atoms with Crippen molar-refractivity contribution in [3.05, 3.63) is 84.1 Å². The van der Waals surface area contributed by atoms with Crippen molar-refractivity contribution in [2.75, 3.05) is 0 Å². The first-order chi connectivity index (χ1) is 14.1. The molecule has 2 aromatic carbocycles. The van der Waals surface area contributed by atoms with Gasteiger partial charge in [-0.2, -0.15) is 5.10 Å². The predicted molar refractivity (Wildman–Crippen MR) is 114 cm³/mol. The zero-order valence-electron chi connectivity index (χ0n) is 16.3. The summed E-state index contributed by atoms with van der Waals surface area (Å²) in [6.45, 7) is 4.00. The molecular formula is C23H21N5O. The number of hydrazone groups is 1. The molecule has 4 rings (SSSR count). The van der Waals surface area contributed by atoms with Crippen LogP contribution in [0.25, 0.3) is 22.6 Å². The van der Waals surface area contributed by atoms with Crippen molar-refractivity contribution < 1.29 is 4.79 Å². The monoisotopic (exact) mass is 383 g/mol. The second-order valence-corrected chi connectivity index (χ2v) is 6.82. The van der Waals surface area contributed by atoms with Crippen molar-refractivity contribution in [3.63, 3.8) is 0 Å². The minimum atomic E-state index is -0.225. The Kier molecular flexibility index (Phi) is 5.16. The highest BCUT2D eigenvalue weighted by Crippen LogP contribution is 2.23. The summed E-state index contributed by atoms with van der Waals surface area (Å²) in [4.78, 5) is 21.7. The van der Waals surface area contributed by atoms with E-state index in [-0.39, 0.29) is 12.5 Å². The van der Waals surface area contributed by atoms with Gasteiger partial charge in [-0.15, -0.1) is 0 Å². The molecule has 29 heavy (non-hydrogen) atoms. The van der Waals surface area contributed by atoms with Crippen LogP contribution >= 0.6 is 0 Å². The van der Waals surface area contributed by atoms with E-state index in [4.69, 9.17) is 0 Å². The van der Waals surface area contributed by atoms with Crippen LogP contribution in [0.15, 0.2) is 78.0 Å². The van der Waals surface area contributed by atoms with Crippen LogP contribution in [0.5, 0.6) is 0 Å². The van der Waals surface area contributed by atoms with Crippen LogP contribution in [-0.4, -0.2) is 26.2 Å². The van der Waals surface area contributed by atoms with E-state index in [9.17, 15) is 4.79 Å². The van der Waals surface area contributed by atoms with Gasteiger partial charge in [0.25, 0.3) is 5.91 Å². The number of pyridine rings is 1. The number of nitrogens with zero attached hydrogens (tertiary/aromatic N) is 4. The molecule has 6 nitrogen and oxygen atoms in total. The number of aryl methyl sites for hydroxylation is 1. The van der Waals surface area contributed by atoms with Crippen LogP contribution in [-0.2, 0) is 11.3 Å². The van der Waals surface area contributed by atoms with Gasteiger partial charge in [0.15, 0.2) is 5.82 Å². The standard InChI is InChI=1S/C23H21N5O/c1-16-10-12-18(13-11-16)17(2)26-27-22(29)15-28-21-9-4-3-7-19(21)25-23(28)20-8-5-6-14-24-20/h3-14H,15H2,1-2H3,(H,27,29)/b26-17+. The molecule has 0 fully saturated rings. The first kappa shape index (κ1) is 18.6. The maximum absolute atomic E-state index is 12.6. The largest absolute Gasteiger partial charge is 0.313 e. The van der Waals surface area contributed by atoms with Gasteiger partial charge in [0.05, 0.1) is 16.7 Å². The number of amides is 1. The number of para-hydroxylation sites is 2. The van der Waals surface area contributed by atoms with E-state index >= 15 is 0 Å². The minimum absolute atomic E-state index is 0.0943. The summed E-state index contributed by atoms with van der Waals surface area (Å²) >= 11 is 0. The van der Waals surface area contributed by atoms with E-state index in [0.717, 1.165) is 28.0 Å². The molecular weight excluding hydrogens is 362 g/mol. The Morgan fingerprint density at radius 2 is 1.79 bits per heavy atom. The molecule has 2 heterocycles.